The molecule has 15 heteroatoms. The highest BCUT2D eigenvalue weighted by atomic mass is 16.6. The average molecular weight is 1250 g/mol. The van der Waals surface area contributed by atoms with Gasteiger partial charge >= 0.3 is 0 Å². The topological polar surface area (TPSA) is 172 Å². The van der Waals surface area contributed by atoms with E-state index in [9.17, 15) is 0 Å². The lowest BCUT2D eigenvalue weighted by Gasteiger charge is -2.22. The molecule has 528 valence electrons. The third-order valence-corrected chi connectivity index (χ3v) is 13.9. The van der Waals surface area contributed by atoms with Crippen molar-refractivity contribution >= 4 is 48.7 Å². The zero-order valence-electron chi connectivity index (χ0n) is 64.7. The quantitative estimate of drug-likeness (QED) is 0.217. The van der Waals surface area contributed by atoms with E-state index in [2.05, 4.69) is 168 Å². The van der Waals surface area contributed by atoms with Crippen molar-refractivity contribution in [2.45, 2.75) is 317 Å². The minimum Gasteiger partial charge on any atom is -0.396 e. The van der Waals surface area contributed by atoms with E-state index in [0.717, 1.165) is 114 Å². The number of hydrogen-bond donors (Lipinski definition) is 3. The Balaban J connectivity index is -0.000000134. The van der Waals surface area contributed by atoms with Gasteiger partial charge in [0.25, 0.3) is 0 Å². The molecule has 8 rings (SSSR count). The summed E-state index contributed by atoms with van der Waals surface area (Å²) in [6.07, 6.45) is 27.2. The molecule has 6 atom stereocenters. The van der Waals surface area contributed by atoms with E-state index >= 15 is 0 Å². The summed E-state index contributed by atoms with van der Waals surface area (Å²) < 4.78 is 0. The summed E-state index contributed by atoms with van der Waals surface area (Å²) in [6, 6.07) is 0.606. The van der Waals surface area contributed by atoms with Crippen LogP contribution >= 0.6 is 0 Å². The summed E-state index contributed by atoms with van der Waals surface area (Å²) in [5, 5.41) is 27.1. The van der Waals surface area contributed by atoms with Crippen LogP contribution in [-0.2, 0) is 19.4 Å². The highest BCUT2D eigenvalue weighted by molar-refractivity contribution is 5.86. The van der Waals surface area contributed by atoms with Crippen molar-refractivity contribution < 1.29 is 19.4 Å². The third kappa shape index (κ3) is 63.5. The number of aliphatic imine (C=N–C) groups is 1. The summed E-state index contributed by atoms with van der Waals surface area (Å²) in [5.41, 5.74) is 11.7. The number of nitrogens with one attached hydrogen (secondary N) is 3. The van der Waals surface area contributed by atoms with Crippen LogP contribution < -0.4 is 16.3 Å². The fourth-order valence-corrected chi connectivity index (χ4v) is 7.89. The molecule has 0 saturated heterocycles. The fourth-order valence-electron chi connectivity index (χ4n) is 7.89. The maximum atomic E-state index is 5.11. The smallest absolute Gasteiger partial charge is 0.130 e. The maximum absolute atomic E-state index is 5.11. The lowest BCUT2D eigenvalue weighted by molar-refractivity contribution is 0.0146. The molecule has 88 heavy (non-hydrogen) atoms. The van der Waals surface area contributed by atoms with Crippen molar-refractivity contribution in [2.24, 2.45) is 112 Å². The largest absolute Gasteiger partial charge is 0.396 e. The van der Waals surface area contributed by atoms with E-state index in [1.54, 1.807) is 0 Å². The van der Waals surface area contributed by atoms with Gasteiger partial charge in [-0.2, -0.15) is 15.3 Å². The zero-order chi connectivity index (χ0) is 69.5. The van der Waals surface area contributed by atoms with Crippen LogP contribution in [0.4, 0.5) is 0 Å². The molecule has 15 nitrogen and oxygen atoms in total. The molecule has 0 radical (unpaired) electrons. The number of oxime groups is 4. The number of nitrogens with zero attached hydrogens (tertiary/aromatic N) is 8. The van der Waals surface area contributed by atoms with Crippen LogP contribution in [0.25, 0.3) is 0 Å². The molecule has 0 aromatic carbocycles. The maximum Gasteiger partial charge on any atom is 0.130 e. The summed E-state index contributed by atoms with van der Waals surface area (Å²) in [5.74, 6) is 8.32. The molecule has 0 bridgehead atoms. The van der Waals surface area contributed by atoms with Gasteiger partial charge in [-0.1, -0.05) is 242 Å². The van der Waals surface area contributed by atoms with Gasteiger partial charge in [0.1, 0.15) is 25.9 Å². The molecule has 0 spiro atoms. The minimum absolute atomic E-state index is 0.356. The molecule has 0 saturated carbocycles. The normalized spacial score (nSPS) is 20.7. The molecule has 0 aromatic rings. The van der Waals surface area contributed by atoms with E-state index in [1.165, 1.54) is 43.5 Å². The fraction of sp³-hybridized carbons (Fsp3) is 0.890. The molecule has 6 unspecified atom stereocenters. The standard InChI is InChI=1S/C8H15N.3C7H14N2.4C7H13NO.8C2H6/c1-7(2)8-5-3-4-6-9-8;2*1-6(2)7-3-4-8-9-5-7;1-6(2)7-4-3-5-8-9-7;1-6(2)7-3-4-9-8-5-7;1-6(2)7-3-4-8-9-5-7;1-6(2)7-4-3-5-9-8-7;1-6(2)7-4-3-5-8-9-7;8*1-2/h7H,3-6H2,1-2H3;5-8H,3-4H2,1-2H3;4,6-7,9H,3,5H2,1-2H3;5-7,9H,3-4H2,1-2H3;5-7H,3-4H2,1-2H3;4,6-7H,3,5H2,1-2H3;6H,3-5H2,1-2H3;5-7H,3-4H2,1-2H3;8*1-2H3. The van der Waals surface area contributed by atoms with Crippen LogP contribution in [0.15, 0.2) is 40.9 Å². The first-order valence-electron chi connectivity index (χ1n) is 36.4. The van der Waals surface area contributed by atoms with Crippen molar-refractivity contribution in [2.75, 3.05) is 39.5 Å². The van der Waals surface area contributed by atoms with Gasteiger partial charge in [0.05, 0.1) is 5.71 Å². The molecular weight excluding hydrogens is 1090 g/mol. The Bertz CT molecular complexity index is 1410. The Labute approximate surface area is 550 Å². The SMILES string of the molecule is CC.CC.CC.CC.CC.CC.CC.CC.CC(C)C1=NCCCC1.CC(C)C1=NOCCC1.CC(C)C1C=NNCC1.CC(C)C1C=NOCC1.CC(C)C1CC=NNC1.CC(C)C1CC=NOC1.CC(C)C1CCC=NN1.CC(C)C1CCC=NO1. The van der Waals surface area contributed by atoms with Crippen LogP contribution in [0.5, 0.6) is 0 Å². The molecule has 3 N–H and O–H groups in total. The van der Waals surface area contributed by atoms with E-state index in [4.69, 9.17) is 19.4 Å². The first kappa shape index (κ1) is 100. The molecular formula is C73H157N11O4. The second kappa shape index (κ2) is 79.1. The lowest BCUT2D eigenvalue weighted by atomic mass is 9.93. The first-order valence-corrected chi connectivity index (χ1v) is 36.4. The van der Waals surface area contributed by atoms with Crippen LogP contribution in [-0.4, -0.2) is 100 Å². The summed E-state index contributed by atoms with van der Waals surface area (Å²) in [7, 11) is 0. The Morgan fingerprint density at radius 3 is 1.26 bits per heavy atom. The van der Waals surface area contributed by atoms with Gasteiger partial charge in [0.2, 0.25) is 0 Å². The predicted octanol–water partition coefficient (Wildman–Crippen LogP) is 21.3. The zero-order valence-corrected chi connectivity index (χ0v) is 64.7. The molecule has 8 aliphatic rings. The monoisotopic (exact) mass is 1250 g/mol. The van der Waals surface area contributed by atoms with Gasteiger partial charge in [-0.15, -0.1) is 0 Å². The Hall–Kier alpha value is -4.04. The molecule has 0 amide bonds. The van der Waals surface area contributed by atoms with E-state index in [1.807, 2.05) is 148 Å². The van der Waals surface area contributed by atoms with Gasteiger partial charge in [0.15, 0.2) is 0 Å². The average Bonchev–Trinajstić information content (AvgIpc) is 3.61. The van der Waals surface area contributed by atoms with Crippen LogP contribution in [0.2, 0.25) is 0 Å². The molecule has 0 aliphatic carbocycles. The van der Waals surface area contributed by atoms with Gasteiger partial charge < -0.3 is 35.6 Å². The molecule has 0 fully saturated rings. The van der Waals surface area contributed by atoms with E-state index in [0.29, 0.717) is 59.5 Å². The van der Waals surface area contributed by atoms with Crippen molar-refractivity contribution in [1.29, 1.82) is 0 Å². The molecule has 8 heterocycles. The van der Waals surface area contributed by atoms with Gasteiger partial charge in [0, 0.05) is 86.4 Å². The Kier molecular flexibility index (Phi) is 90.0. The summed E-state index contributed by atoms with van der Waals surface area (Å²) >= 11 is 0. The lowest BCUT2D eigenvalue weighted by Crippen LogP contribution is -2.32. The summed E-state index contributed by atoms with van der Waals surface area (Å²) in [6.45, 7) is 72.9. The minimum atomic E-state index is 0.356. The third-order valence-electron chi connectivity index (χ3n) is 13.9. The second-order valence-electron chi connectivity index (χ2n) is 22.7. The molecule has 8 aliphatic heterocycles. The van der Waals surface area contributed by atoms with Crippen molar-refractivity contribution in [3.05, 3.63) is 0 Å². The Morgan fingerprint density at radius 1 is 0.432 bits per heavy atom. The van der Waals surface area contributed by atoms with E-state index < -0.39 is 0 Å². The van der Waals surface area contributed by atoms with Gasteiger partial charge in [-0.25, -0.2) is 0 Å². The first-order chi connectivity index (χ1) is 42.4. The van der Waals surface area contributed by atoms with Crippen LogP contribution in [0.3, 0.4) is 0 Å². The second-order valence-corrected chi connectivity index (χ2v) is 22.7. The van der Waals surface area contributed by atoms with Crippen molar-refractivity contribution in [3.8, 4) is 0 Å². The predicted molar refractivity (Wildman–Crippen MR) is 400 cm³/mol. The van der Waals surface area contributed by atoms with E-state index in [-0.39, 0.29) is 0 Å². The number of rotatable bonds is 8. The van der Waals surface area contributed by atoms with Gasteiger partial charge in [-0.3, -0.25) is 4.99 Å². The summed E-state index contributed by atoms with van der Waals surface area (Å²) in [4.78, 5) is 24.2. The number of hydrogen-bond acceptors (Lipinski definition) is 15. The highest BCUT2D eigenvalue weighted by Crippen LogP contribution is 2.19. The van der Waals surface area contributed by atoms with Gasteiger partial charge in [-0.05, 0) is 137 Å². The molecule has 0 aromatic heterocycles. The number of hydrazone groups is 3. The Morgan fingerprint density at radius 2 is 0.989 bits per heavy atom. The van der Waals surface area contributed by atoms with Crippen molar-refractivity contribution in [1.82, 2.24) is 16.3 Å². The van der Waals surface area contributed by atoms with Crippen molar-refractivity contribution in [3.63, 3.8) is 0 Å². The van der Waals surface area contributed by atoms with Crippen LogP contribution in [0, 0.1) is 71.0 Å². The highest BCUT2D eigenvalue weighted by Gasteiger charge is 2.18. The van der Waals surface area contributed by atoms with Crippen LogP contribution in [0.1, 0.15) is 305 Å².